The van der Waals surface area contributed by atoms with Crippen molar-refractivity contribution in [2.24, 2.45) is 0 Å². The zero-order valence-electron chi connectivity index (χ0n) is 10.0. The molecule has 3 rings (SSSR count). The van der Waals surface area contributed by atoms with Gasteiger partial charge in [0.15, 0.2) is 0 Å². The first kappa shape index (κ1) is 11.1. The lowest BCUT2D eigenvalue weighted by Crippen LogP contribution is -2.12. The van der Waals surface area contributed by atoms with Gasteiger partial charge >= 0.3 is 0 Å². The van der Waals surface area contributed by atoms with Crippen molar-refractivity contribution in [3.8, 4) is 0 Å². The highest BCUT2D eigenvalue weighted by Crippen LogP contribution is 2.31. The Balaban J connectivity index is 1.92. The SMILES string of the molecule is Cc1ccsc1Cn1ccc2c1CCCC2O. The Bertz CT molecular complexity index is 526. The molecule has 0 radical (unpaired) electrons. The van der Waals surface area contributed by atoms with Crippen LogP contribution in [0.1, 0.15) is 40.6 Å². The minimum absolute atomic E-state index is 0.246. The molecule has 1 unspecified atom stereocenters. The molecule has 0 aromatic carbocycles. The van der Waals surface area contributed by atoms with Crippen LogP contribution in [-0.4, -0.2) is 9.67 Å². The maximum absolute atomic E-state index is 9.94. The van der Waals surface area contributed by atoms with E-state index in [-0.39, 0.29) is 6.10 Å². The van der Waals surface area contributed by atoms with Gasteiger partial charge in [0, 0.05) is 22.3 Å². The third-order valence-electron chi connectivity index (χ3n) is 3.65. The van der Waals surface area contributed by atoms with Gasteiger partial charge in [-0.25, -0.2) is 0 Å². The molecular formula is C14H17NOS. The Morgan fingerprint density at radius 3 is 3.12 bits per heavy atom. The van der Waals surface area contributed by atoms with E-state index in [2.05, 4.69) is 35.2 Å². The van der Waals surface area contributed by atoms with Crippen molar-refractivity contribution in [2.45, 2.75) is 38.8 Å². The van der Waals surface area contributed by atoms with Crippen LogP contribution in [0.2, 0.25) is 0 Å². The second-order valence-corrected chi connectivity index (χ2v) is 5.78. The monoisotopic (exact) mass is 247 g/mol. The number of nitrogens with zero attached hydrogens (tertiary/aromatic N) is 1. The number of hydrogen-bond acceptors (Lipinski definition) is 2. The van der Waals surface area contributed by atoms with E-state index in [1.165, 1.54) is 16.1 Å². The Morgan fingerprint density at radius 1 is 1.47 bits per heavy atom. The minimum Gasteiger partial charge on any atom is -0.388 e. The molecule has 0 bridgehead atoms. The number of rotatable bonds is 2. The van der Waals surface area contributed by atoms with Crippen LogP contribution < -0.4 is 0 Å². The highest BCUT2D eigenvalue weighted by atomic mass is 32.1. The maximum atomic E-state index is 9.94. The van der Waals surface area contributed by atoms with Crippen molar-refractivity contribution >= 4 is 11.3 Å². The first-order chi connectivity index (χ1) is 8.25. The standard InChI is InChI=1S/C14H17NOS/c1-10-6-8-17-14(10)9-15-7-5-11-12(15)3-2-4-13(11)16/h5-8,13,16H,2-4,9H2,1H3. The molecule has 2 aromatic heterocycles. The molecule has 1 N–H and O–H groups in total. The summed E-state index contributed by atoms with van der Waals surface area (Å²) >= 11 is 1.82. The lowest BCUT2D eigenvalue weighted by molar-refractivity contribution is 0.156. The van der Waals surface area contributed by atoms with Crippen LogP contribution in [0.25, 0.3) is 0 Å². The normalized spacial score (nSPS) is 19.3. The predicted molar refractivity (Wildman–Crippen MR) is 70.5 cm³/mol. The van der Waals surface area contributed by atoms with E-state index in [1.54, 1.807) is 0 Å². The Kier molecular flexibility index (Phi) is 2.81. The second-order valence-electron chi connectivity index (χ2n) is 4.78. The molecule has 1 aliphatic rings. The Morgan fingerprint density at radius 2 is 2.35 bits per heavy atom. The van der Waals surface area contributed by atoms with Crippen LogP contribution in [0, 0.1) is 6.92 Å². The number of thiophene rings is 1. The van der Waals surface area contributed by atoms with Gasteiger partial charge in [0.25, 0.3) is 0 Å². The summed E-state index contributed by atoms with van der Waals surface area (Å²) in [5.41, 5.74) is 3.84. The number of hydrogen-bond donors (Lipinski definition) is 1. The number of fused-ring (bicyclic) bond motifs is 1. The average molecular weight is 247 g/mol. The fourth-order valence-corrected chi connectivity index (χ4v) is 3.50. The summed E-state index contributed by atoms with van der Waals surface area (Å²) in [5.74, 6) is 0. The molecule has 0 amide bonds. The van der Waals surface area contributed by atoms with Crippen LogP contribution in [0.5, 0.6) is 0 Å². The molecule has 90 valence electrons. The lowest BCUT2D eigenvalue weighted by atomic mass is 9.95. The van der Waals surface area contributed by atoms with Crippen LogP contribution in [-0.2, 0) is 13.0 Å². The van der Waals surface area contributed by atoms with Gasteiger partial charge in [-0.05, 0) is 49.3 Å². The first-order valence-corrected chi connectivity index (χ1v) is 7.02. The van der Waals surface area contributed by atoms with E-state index < -0.39 is 0 Å². The Hall–Kier alpha value is -1.06. The quantitative estimate of drug-likeness (QED) is 0.865. The zero-order valence-corrected chi connectivity index (χ0v) is 10.8. The zero-order chi connectivity index (χ0) is 11.8. The number of aromatic nitrogens is 1. The highest BCUT2D eigenvalue weighted by Gasteiger charge is 2.21. The van der Waals surface area contributed by atoms with Crippen molar-refractivity contribution in [3.63, 3.8) is 0 Å². The van der Waals surface area contributed by atoms with Gasteiger partial charge in [0.1, 0.15) is 0 Å². The summed E-state index contributed by atoms with van der Waals surface area (Å²) in [4.78, 5) is 1.42. The molecule has 2 nitrogen and oxygen atoms in total. The van der Waals surface area contributed by atoms with Crippen molar-refractivity contribution in [1.29, 1.82) is 0 Å². The van der Waals surface area contributed by atoms with Crippen molar-refractivity contribution in [3.05, 3.63) is 45.4 Å². The second kappa shape index (κ2) is 4.31. The van der Waals surface area contributed by atoms with Gasteiger partial charge in [-0.3, -0.25) is 0 Å². The summed E-state index contributed by atoms with van der Waals surface area (Å²) in [7, 11) is 0. The number of aliphatic hydroxyl groups is 1. The van der Waals surface area contributed by atoms with Gasteiger partial charge in [-0.2, -0.15) is 0 Å². The van der Waals surface area contributed by atoms with Crippen molar-refractivity contribution in [2.75, 3.05) is 0 Å². The summed E-state index contributed by atoms with van der Waals surface area (Å²) in [6, 6.07) is 4.26. The molecule has 0 saturated heterocycles. The summed E-state index contributed by atoms with van der Waals surface area (Å²) in [6.07, 6.45) is 4.99. The number of aliphatic hydroxyl groups excluding tert-OH is 1. The fourth-order valence-electron chi connectivity index (χ4n) is 2.60. The Labute approximate surface area is 106 Å². The third-order valence-corrected chi connectivity index (χ3v) is 4.65. The molecule has 0 aliphatic heterocycles. The lowest BCUT2D eigenvalue weighted by Gasteiger charge is -2.20. The van der Waals surface area contributed by atoms with Gasteiger partial charge in [-0.15, -0.1) is 11.3 Å². The molecule has 2 heterocycles. The van der Waals surface area contributed by atoms with E-state index in [4.69, 9.17) is 0 Å². The molecule has 2 aromatic rings. The minimum atomic E-state index is -0.246. The largest absolute Gasteiger partial charge is 0.388 e. The summed E-state index contributed by atoms with van der Waals surface area (Å²) in [6.45, 7) is 3.11. The topological polar surface area (TPSA) is 25.2 Å². The van der Waals surface area contributed by atoms with Crippen LogP contribution in [0.15, 0.2) is 23.7 Å². The summed E-state index contributed by atoms with van der Waals surface area (Å²) in [5, 5.41) is 12.1. The average Bonchev–Trinajstić information content (AvgIpc) is 2.89. The van der Waals surface area contributed by atoms with E-state index in [0.717, 1.165) is 31.4 Å². The third kappa shape index (κ3) is 1.94. The molecular weight excluding hydrogens is 230 g/mol. The van der Waals surface area contributed by atoms with Gasteiger partial charge in [0.2, 0.25) is 0 Å². The first-order valence-electron chi connectivity index (χ1n) is 6.14. The van der Waals surface area contributed by atoms with Crippen LogP contribution in [0.4, 0.5) is 0 Å². The predicted octanol–water partition coefficient (Wildman–Crippen LogP) is 3.28. The maximum Gasteiger partial charge on any atom is 0.0807 e. The van der Waals surface area contributed by atoms with Gasteiger partial charge < -0.3 is 9.67 Å². The molecule has 0 saturated carbocycles. The molecule has 0 fully saturated rings. The molecule has 17 heavy (non-hydrogen) atoms. The van der Waals surface area contributed by atoms with E-state index in [0.29, 0.717) is 0 Å². The van der Waals surface area contributed by atoms with Crippen LogP contribution in [0.3, 0.4) is 0 Å². The van der Waals surface area contributed by atoms with E-state index in [9.17, 15) is 5.11 Å². The molecule has 1 aliphatic carbocycles. The summed E-state index contributed by atoms with van der Waals surface area (Å²) < 4.78 is 2.30. The van der Waals surface area contributed by atoms with Crippen molar-refractivity contribution in [1.82, 2.24) is 4.57 Å². The van der Waals surface area contributed by atoms with E-state index in [1.807, 2.05) is 11.3 Å². The van der Waals surface area contributed by atoms with Gasteiger partial charge in [-0.1, -0.05) is 0 Å². The highest BCUT2D eigenvalue weighted by molar-refractivity contribution is 7.10. The molecule has 0 spiro atoms. The van der Waals surface area contributed by atoms with E-state index >= 15 is 0 Å². The smallest absolute Gasteiger partial charge is 0.0807 e. The van der Waals surface area contributed by atoms with Crippen LogP contribution >= 0.6 is 11.3 Å². The molecule has 3 heteroatoms. The van der Waals surface area contributed by atoms with Gasteiger partial charge in [0.05, 0.1) is 12.6 Å². The van der Waals surface area contributed by atoms with Crippen molar-refractivity contribution < 1.29 is 5.11 Å². The number of aryl methyl sites for hydroxylation is 1. The molecule has 1 atom stereocenters. The fraction of sp³-hybridized carbons (Fsp3) is 0.429.